The molecule has 3 rings (SSSR count). The lowest BCUT2D eigenvalue weighted by Gasteiger charge is -2.06. The molecule has 0 saturated carbocycles. The second-order valence-electron chi connectivity index (χ2n) is 5.49. The van der Waals surface area contributed by atoms with E-state index in [1.54, 1.807) is 0 Å². The fraction of sp³-hybridized carbons (Fsp3) is 0.263. The molecule has 0 spiro atoms. The molecule has 2 heterocycles. The molecule has 3 aromatic rings. The number of benzene rings is 1. The number of aromatic carboxylic acids is 1. The van der Waals surface area contributed by atoms with Crippen LogP contribution in [0.3, 0.4) is 0 Å². The minimum Gasteiger partial charge on any atom is -0.478 e. The van der Waals surface area contributed by atoms with Crippen LogP contribution in [0.4, 0.5) is 0 Å². The summed E-state index contributed by atoms with van der Waals surface area (Å²) >= 11 is 0. The van der Waals surface area contributed by atoms with Gasteiger partial charge in [0.25, 0.3) is 5.89 Å². The average molecular weight is 355 g/mol. The highest BCUT2D eigenvalue weighted by Crippen LogP contribution is 2.23. The van der Waals surface area contributed by atoms with E-state index >= 15 is 0 Å². The number of carbonyl (C=O) groups is 1. The van der Waals surface area contributed by atoms with E-state index < -0.39 is 11.5 Å². The first-order chi connectivity index (χ1) is 12.5. The van der Waals surface area contributed by atoms with Crippen molar-refractivity contribution in [3.8, 4) is 11.6 Å². The van der Waals surface area contributed by atoms with Gasteiger partial charge in [-0.3, -0.25) is 4.79 Å². The SMILES string of the molecule is CC.CC(Cc1ccccc1)c1nnc(-c2cc(C(=O)O)cc(=O)[nH]2)o1. The number of rotatable bonds is 5. The van der Waals surface area contributed by atoms with Gasteiger partial charge in [0.15, 0.2) is 0 Å². The third-order valence-corrected chi connectivity index (χ3v) is 3.57. The van der Waals surface area contributed by atoms with Crippen molar-refractivity contribution in [2.24, 2.45) is 0 Å². The molecular weight excluding hydrogens is 334 g/mol. The summed E-state index contributed by atoms with van der Waals surface area (Å²) in [4.78, 5) is 25.1. The molecule has 2 aromatic heterocycles. The zero-order valence-corrected chi connectivity index (χ0v) is 14.9. The molecule has 0 saturated heterocycles. The molecule has 0 aliphatic rings. The lowest BCUT2D eigenvalue weighted by atomic mass is 10.0. The lowest BCUT2D eigenvalue weighted by molar-refractivity contribution is 0.0696. The van der Waals surface area contributed by atoms with Crippen molar-refractivity contribution in [2.45, 2.75) is 33.1 Å². The number of hydrogen-bond donors (Lipinski definition) is 2. The van der Waals surface area contributed by atoms with Crippen LogP contribution in [0.5, 0.6) is 0 Å². The Kier molecular flexibility index (Phi) is 6.43. The van der Waals surface area contributed by atoms with Crippen LogP contribution in [0.2, 0.25) is 0 Å². The Balaban J connectivity index is 0.00000117. The predicted molar refractivity (Wildman–Crippen MR) is 97.2 cm³/mol. The normalized spacial score (nSPS) is 11.3. The maximum absolute atomic E-state index is 11.6. The van der Waals surface area contributed by atoms with E-state index in [9.17, 15) is 9.59 Å². The molecule has 0 radical (unpaired) electrons. The fourth-order valence-electron chi connectivity index (χ4n) is 2.38. The van der Waals surface area contributed by atoms with E-state index in [1.807, 2.05) is 51.1 Å². The predicted octanol–water partition coefficient (Wildman–Crippen LogP) is 3.50. The van der Waals surface area contributed by atoms with Crippen molar-refractivity contribution in [2.75, 3.05) is 0 Å². The van der Waals surface area contributed by atoms with Crippen molar-refractivity contribution >= 4 is 5.97 Å². The molecule has 0 bridgehead atoms. The first-order valence-electron chi connectivity index (χ1n) is 8.38. The van der Waals surface area contributed by atoms with Crippen LogP contribution in [-0.2, 0) is 6.42 Å². The van der Waals surface area contributed by atoms with Gasteiger partial charge >= 0.3 is 5.97 Å². The van der Waals surface area contributed by atoms with Crippen LogP contribution in [0.15, 0.2) is 51.7 Å². The Hall–Kier alpha value is -3.22. The summed E-state index contributed by atoms with van der Waals surface area (Å²) in [6, 6.07) is 12.2. The number of carboxylic acid groups (broad SMARTS) is 1. The lowest BCUT2D eigenvalue weighted by Crippen LogP contribution is -2.10. The van der Waals surface area contributed by atoms with Crippen LogP contribution < -0.4 is 5.56 Å². The van der Waals surface area contributed by atoms with Crippen molar-refractivity contribution < 1.29 is 14.3 Å². The molecule has 1 atom stereocenters. The van der Waals surface area contributed by atoms with Crippen molar-refractivity contribution in [1.29, 1.82) is 0 Å². The van der Waals surface area contributed by atoms with Gasteiger partial charge in [0.05, 0.1) is 5.56 Å². The number of nitrogens with zero attached hydrogens (tertiary/aromatic N) is 2. The number of hydrogen-bond acceptors (Lipinski definition) is 5. The van der Waals surface area contributed by atoms with E-state index in [1.165, 1.54) is 6.07 Å². The van der Waals surface area contributed by atoms with Gasteiger partial charge in [-0.25, -0.2) is 4.79 Å². The first-order valence-corrected chi connectivity index (χ1v) is 8.38. The van der Waals surface area contributed by atoms with Crippen LogP contribution in [-0.4, -0.2) is 26.3 Å². The smallest absolute Gasteiger partial charge is 0.335 e. The Morgan fingerprint density at radius 1 is 1.19 bits per heavy atom. The Labute approximate surface area is 150 Å². The summed E-state index contributed by atoms with van der Waals surface area (Å²) in [5, 5.41) is 16.9. The molecule has 136 valence electrons. The van der Waals surface area contributed by atoms with E-state index in [0.717, 1.165) is 18.1 Å². The zero-order chi connectivity index (χ0) is 19.1. The van der Waals surface area contributed by atoms with Crippen molar-refractivity contribution in [1.82, 2.24) is 15.2 Å². The third-order valence-electron chi connectivity index (χ3n) is 3.57. The molecule has 26 heavy (non-hydrogen) atoms. The molecule has 0 aliphatic heterocycles. The van der Waals surface area contributed by atoms with Gasteiger partial charge in [0, 0.05) is 12.0 Å². The number of H-pyrrole nitrogens is 1. The van der Waals surface area contributed by atoms with E-state index in [0.29, 0.717) is 5.89 Å². The molecule has 0 fully saturated rings. The quantitative estimate of drug-likeness (QED) is 0.725. The van der Waals surface area contributed by atoms with Gasteiger partial charge in [-0.15, -0.1) is 10.2 Å². The van der Waals surface area contributed by atoms with Gasteiger partial charge in [-0.2, -0.15) is 0 Å². The highest BCUT2D eigenvalue weighted by molar-refractivity contribution is 5.88. The molecule has 0 aliphatic carbocycles. The summed E-state index contributed by atoms with van der Waals surface area (Å²) in [6.45, 7) is 5.96. The summed E-state index contributed by atoms with van der Waals surface area (Å²) < 4.78 is 5.61. The molecule has 2 N–H and O–H groups in total. The third kappa shape index (κ3) is 4.66. The molecule has 1 unspecified atom stereocenters. The largest absolute Gasteiger partial charge is 0.478 e. The van der Waals surface area contributed by atoms with Crippen molar-refractivity contribution in [3.05, 3.63) is 69.8 Å². The van der Waals surface area contributed by atoms with Crippen molar-refractivity contribution in [3.63, 3.8) is 0 Å². The van der Waals surface area contributed by atoms with Crippen LogP contribution in [0.25, 0.3) is 11.6 Å². The Morgan fingerprint density at radius 3 is 2.54 bits per heavy atom. The number of carboxylic acids is 1. The zero-order valence-electron chi connectivity index (χ0n) is 14.9. The second-order valence-corrected chi connectivity index (χ2v) is 5.49. The maximum Gasteiger partial charge on any atom is 0.335 e. The average Bonchev–Trinajstić information content (AvgIpc) is 3.14. The van der Waals surface area contributed by atoms with Crippen LogP contribution >= 0.6 is 0 Å². The molecule has 1 aromatic carbocycles. The number of aromatic amines is 1. The number of nitrogens with one attached hydrogen (secondary N) is 1. The summed E-state index contributed by atoms with van der Waals surface area (Å²) in [5.74, 6) is -0.692. The molecular formula is C19H21N3O4. The summed E-state index contributed by atoms with van der Waals surface area (Å²) in [6.07, 6.45) is 0.730. The fourth-order valence-corrected chi connectivity index (χ4v) is 2.38. The van der Waals surface area contributed by atoms with Gasteiger partial charge < -0.3 is 14.5 Å². The Bertz CT molecular complexity index is 916. The number of aromatic nitrogens is 3. The van der Waals surface area contributed by atoms with E-state index in [-0.39, 0.29) is 23.1 Å². The Morgan fingerprint density at radius 2 is 1.88 bits per heavy atom. The van der Waals surface area contributed by atoms with Gasteiger partial charge in [0.1, 0.15) is 5.69 Å². The van der Waals surface area contributed by atoms with E-state index in [2.05, 4.69) is 15.2 Å². The summed E-state index contributed by atoms with van der Waals surface area (Å²) in [5.41, 5.74) is 0.657. The maximum atomic E-state index is 11.6. The monoisotopic (exact) mass is 355 g/mol. The summed E-state index contributed by atoms with van der Waals surface area (Å²) in [7, 11) is 0. The molecule has 0 amide bonds. The van der Waals surface area contributed by atoms with Crippen LogP contribution in [0.1, 0.15) is 48.5 Å². The highest BCUT2D eigenvalue weighted by atomic mass is 16.4. The van der Waals surface area contributed by atoms with Gasteiger partial charge in [0.2, 0.25) is 11.4 Å². The molecule has 7 nitrogen and oxygen atoms in total. The number of pyridine rings is 1. The minimum absolute atomic E-state index is 0.0111. The van der Waals surface area contributed by atoms with E-state index in [4.69, 9.17) is 9.52 Å². The first kappa shape index (κ1) is 19.1. The second kappa shape index (κ2) is 8.75. The van der Waals surface area contributed by atoms with Gasteiger partial charge in [-0.05, 0) is 18.1 Å². The molecule has 7 heteroatoms. The highest BCUT2D eigenvalue weighted by Gasteiger charge is 2.17. The topological polar surface area (TPSA) is 109 Å². The standard InChI is InChI=1S/C17H15N3O4.C2H6/c1-10(7-11-5-3-2-4-6-11)15-19-20-16(24-15)13-8-12(17(22)23)9-14(21)18-13;1-2/h2-6,8-10H,7H2,1H3,(H,18,21)(H,22,23);1-2H3. The van der Waals surface area contributed by atoms with Crippen LogP contribution in [0, 0.1) is 0 Å². The van der Waals surface area contributed by atoms with Gasteiger partial charge in [-0.1, -0.05) is 51.1 Å². The minimum atomic E-state index is -1.19.